The fourth-order valence-electron chi connectivity index (χ4n) is 2.18. The number of hydrogen-bond acceptors (Lipinski definition) is 3. The first-order chi connectivity index (χ1) is 7.31. The first kappa shape index (κ1) is 10.6. The van der Waals surface area contributed by atoms with Crippen LogP contribution < -0.4 is 5.32 Å². The molecule has 1 aromatic heterocycles. The Hall–Kier alpha value is -0.870. The molecule has 1 aromatic rings. The van der Waals surface area contributed by atoms with Crippen LogP contribution in [-0.4, -0.2) is 27.7 Å². The van der Waals surface area contributed by atoms with Gasteiger partial charge in [-0.25, -0.2) is 4.98 Å². The molecule has 1 fully saturated rings. The van der Waals surface area contributed by atoms with Crippen molar-refractivity contribution in [3.05, 3.63) is 17.7 Å². The number of nitrogens with one attached hydrogen (secondary N) is 1. The van der Waals surface area contributed by atoms with E-state index in [1.165, 1.54) is 12.8 Å². The highest BCUT2D eigenvalue weighted by atomic mass is 16.3. The highest BCUT2D eigenvalue weighted by Crippen LogP contribution is 2.15. The molecule has 15 heavy (non-hydrogen) atoms. The van der Waals surface area contributed by atoms with Gasteiger partial charge in [-0.1, -0.05) is 0 Å². The van der Waals surface area contributed by atoms with E-state index in [2.05, 4.69) is 14.9 Å². The lowest BCUT2D eigenvalue weighted by Gasteiger charge is -2.23. The maximum Gasteiger partial charge on any atom is 0.0952 e. The minimum atomic E-state index is 0.0434. The normalized spacial score (nSPS) is 21.9. The van der Waals surface area contributed by atoms with Crippen molar-refractivity contribution in [3.63, 3.8) is 0 Å². The van der Waals surface area contributed by atoms with Crippen molar-refractivity contribution in [3.8, 4) is 0 Å². The average molecular weight is 209 g/mol. The van der Waals surface area contributed by atoms with Gasteiger partial charge in [-0.05, 0) is 38.8 Å². The molecule has 0 spiro atoms. The first-order valence-electron chi connectivity index (χ1n) is 5.63. The predicted octanol–water partition coefficient (Wildman–Crippen LogP) is 0.683. The third-order valence-electron chi connectivity index (χ3n) is 3.21. The molecule has 1 aliphatic heterocycles. The van der Waals surface area contributed by atoms with E-state index in [0.717, 1.165) is 31.0 Å². The van der Waals surface area contributed by atoms with E-state index < -0.39 is 0 Å². The topological polar surface area (TPSA) is 50.1 Å². The van der Waals surface area contributed by atoms with Crippen LogP contribution >= 0.6 is 0 Å². The van der Waals surface area contributed by atoms with E-state index in [1.807, 2.05) is 13.3 Å². The zero-order valence-corrected chi connectivity index (χ0v) is 9.24. The highest BCUT2D eigenvalue weighted by Gasteiger charge is 2.15. The molecule has 0 unspecified atom stereocenters. The molecule has 0 saturated carbocycles. The molecule has 2 rings (SSSR count). The van der Waals surface area contributed by atoms with Crippen molar-refractivity contribution < 1.29 is 5.11 Å². The van der Waals surface area contributed by atoms with E-state index in [9.17, 15) is 0 Å². The quantitative estimate of drug-likeness (QED) is 0.770. The molecule has 0 aliphatic carbocycles. The zero-order valence-electron chi connectivity index (χ0n) is 9.24. The first-order valence-corrected chi connectivity index (χ1v) is 5.63. The summed E-state index contributed by atoms with van der Waals surface area (Å²) in [7, 11) is 0. The third kappa shape index (κ3) is 2.38. The average Bonchev–Trinajstić information content (AvgIpc) is 2.62. The minimum Gasteiger partial charge on any atom is -0.390 e. The van der Waals surface area contributed by atoms with Gasteiger partial charge < -0.3 is 15.0 Å². The number of imidazole rings is 1. The summed E-state index contributed by atoms with van der Waals surface area (Å²) in [5.74, 6) is 0.707. The Bertz CT molecular complexity index is 316. The Morgan fingerprint density at radius 1 is 1.67 bits per heavy atom. The molecule has 84 valence electrons. The fourth-order valence-corrected chi connectivity index (χ4v) is 2.18. The molecular weight excluding hydrogens is 190 g/mol. The summed E-state index contributed by atoms with van der Waals surface area (Å²) in [4.78, 5) is 4.19. The number of aliphatic hydroxyl groups is 1. The molecule has 0 aromatic carbocycles. The number of aliphatic hydroxyl groups excluding tert-OH is 1. The lowest BCUT2D eigenvalue weighted by atomic mass is 10.00. The molecule has 1 saturated heterocycles. The van der Waals surface area contributed by atoms with Crippen LogP contribution in [0.3, 0.4) is 0 Å². The fraction of sp³-hybridized carbons (Fsp3) is 0.727. The standard InChI is InChI=1S/C11H19N3O/c1-9-11(7-15)13-8-14(9)6-10-3-2-4-12-5-10/h8,10,12,15H,2-7H2,1H3/t10-/m1/s1. The van der Waals surface area contributed by atoms with Gasteiger partial charge in [-0.15, -0.1) is 0 Å². The molecule has 0 amide bonds. The molecule has 4 nitrogen and oxygen atoms in total. The third-order valence-corrected chi connectivity index (χ3v) is 3.21. The van der Waals surface area contributed by atoms with E-state index in [1.54, 1.807) is 0 Å². The monoisotopic (exact) mass is 209 g/mol. The molecule has 1 atom stereocenters. The van der Waals surface area contributed by atoms with Crippen LogP contribution in [0, 0.1) is 12.8 Å². The van der Waals surface area contributed by atoms with Crippen LogP contribution in [0.25, 0.3) is 0 Å². The molecule has 0 radical (unpaired) electrons. The summed E-state index contributed by atoms with van der Waals surface area (Å²) in [5, 5.41) is 12.5. The number of piperidine rings is 1. The van der Waals surface area contributed by atoms with Gasteiger partial charge in [0.25, 0.3) is 0 Å². The van der Waals surface area contributed by atoms with Gasteiger partial charge in [0.2, 0.25) is 0 Å². The summed E-state index contributed by atoms with van der Waals surface area (Å²) in [6, 6.07) is 0. The second-order valence-electron chi connectivity index (χ2n) is 4.30. The van der Waals surface area contributed by atoms with Gasteiger partial charge in [-0.3, -0.25) is 0 Å². The van der Waals surface area contributed by atoms with E-state index in [4.69, 9.17) is 5.11 Å². The van der Waals surface area contributed by atoms with Gasteiger partial charge in [0.15, 0.2) is 0 Å². The number of aromatic nitrogens is 2. The van der Waals surface area contributed by atoms with Crippen molar-refractivity contribution in [1.82, 2.24) is 14.9 Å². The summed E-state index contributed by atoms with van der Waals surface area (Å²) in [6.45, 7) is 5.34. The zero-order chi connectivity index (χ0) is 10.7. The number of nitrogens with zero attached hydrogens (tertiary/aromatic N) is 2. The molecule has 0 bridgehead atoms. The number of rotatable bonds is 3. The van der Waals surface area contributed by atoms with E-state index in [0.29, 0.717) is 5.92 Å². The molecular formula is C11H19N3O. The van der Waals surface area contributed by atoms with Gasteiger partial charge in [0, 0.05) is 12.2 Å². The summed E-state index contributed by atoms with van der Waals surface area (Å²) >= 11 is 0. The van der Waals surface area contributed by atoms with Crippen LogP contribution in [0.5, 0.6) is 0 Å². The second-order valence-corrected chi connectivity index (χ2v) is 4.30. The smallest absolute Gasteiger partial charge is 0.0952 e. The Labute approximate surface area is 90.3 Å². The van der Waals surface area contributed by atoms with Crippen molar-refractivity contribution in [2.75, 3.05) is 13.1 Å². The maximum absolute atomic E-state index is 9.05. The van der Waals surface area contributed by atoms with Crippen LogP contribution in [0.2, 0.25) is 0 Å². The van der Waals surface area contributed by atoms with Gasteiger partial charge >= 0.3 is 0 Å². The maximum atomic E-state index is 9.05. The van der Waals surface area contributed by atoms with Crippen LogP contribution in [0.15, 0.2) is 6.33 Å². The van der Waals surface area contributed by atoms with Gasteiger partial charge in [0.1, 0.15) is 0 Å². The SMILES string of the molecule is Cc1c(CO)ncn1C[C@@H]1CCCNC1. The second kappa shape index (κ2) is 4.77. The Balaban J connectivity index is 2.00. The van der Waals surface area contributed by atoms with Crippen molar-refractivity contribution in [2.45, 2.75) is 32.9 Å². The summed E-state index contributed by atoms with van der Waals surface area (Å²) < 4.78 is 2.16. The molecule has 2 heterocycles. The molecule has 4 heteroatoms. The predicted molar refractivity (Wildman–Crippen MR) is 58.5 cm³/mol. The number of hydrogen-bond donors (Lipinski definition) is 2. The van der Waals surface area contributed by atoms with Crippen molar-refractivity contribution in [1.29, 1.82) is 0 Å². The van der Waals surface area contributed by atoms with Crippen LogP contribution in [0.1, 0.15) is 24.2 Å². The van der Waals surface area contributed by atoms with E-state index >= 15 is 0 Å². The van der Waals surface area contributed by atoms with Crippen molar-refractivity contribution >= 4 is 0 Å². The Morgan fingerprint density at radius 3 is 3.13 bits per heavy atom. The lowest BCUT2D eigenvalue weighted by Crippen LogP contribution is -2.32. The molecule has 2 N–H and O–H groups in total. The largest absolute Gasteiger partial charge is 0.390 e. The summed E-state index contributed by atoms with van der Waals surface area (Å²) in [5.41, 5.74) is 1.90. The van der Waals surface area contributed by atoms with E-state index in [-0.39, 0.29) is 6.61 Å². The Kier molecular flexibility index (Phi) is 3.38. The van der Waals surface area contributed by atoms with Crippen LogP contribution in [0.4, 0.5) is 0 Å². The Morgan fingerprint density at radius 2 is 2.53 bits per heavy atom. The van der Waals surface area contributed by atoms with Gasteiger partial charge in [0.05, 0.1) is 18.6 Å². The van der Waals surface area contributed by atoms with Crippen molar-refractivity contribution in [2.24, 2.45) is 5.92 Å². The minimum absolute atomic E-state index is 0.0434. The summed E-state index contributed by atoms with van der Waals surface area (Å²) in [6.07, 6.45) is 4.40. The molecule has 1 aliphatic rings. The highest BCUT2D eigenvalue weighted by molar-refractivity contribution is 5.09. The van der Waals surface area contributed by atoms with Crippen LogP contribution in [-0.2, 0) is 13.2 Å². The lowest BCUT2D eigenvalue weighted by molar-refractivity contribution is 0.276. The van der Waals surface area contributed by atoms with Gasteiger partial charge in [-0.2, -0.15) is 0 Å².